The average Bonchev–Trinajstić information content (AvgIpc) is 2.36. The lowest BCUT2D eigenvalue weighted by atomic mass is 9.98. The van der Waals surface area contributed by atoms with Gasteiger partial charge in [-0.2, -0.15) is 0 Å². The van der Waals surface area contributed by atoms with Gasteiger partial charge in [0.1, 0.15) is 0 Å². The number of methoxy groups -OCH3 is 1. The number of piperidine rings is 1. The molecule has 0 saturated carbocycles. The minimum Gasteiger partial charge on any atom is -0.383 e. The first-order chi connectivity index (χ1) is 8.93. The second-order valence-electron chi connectivity index (χ2n) is 4.75. The van der Waals surface area contributed by atoms with E-state index in [0.717, 1.165) is 12.8 Å². The van der Waals surface area contributed by atoms with Crippen molar-refractivity contribution >= 4 is 40.0 Å². The summed E-state index contributed by atoms with van der Waals surface area (Å²) in [5, 5.41) is 2.95. The van der Waals surface area contributed by atoms with Gasteiger partial charge in [0.05, 0.1) is 12.9 Å². The van der Waals surface area contributed by atoms with Crippen LogP contribution >= 0.6 is 24.0 Å². The molecule has 0 aromatic heterocycles. The molecular weight excluding hydrogens is 395 g/mol. The number of nitrogens with two attached hydrogens (primary N) is 1. The van der Waals surface area contributed by atoms with Crippen molar-refractivity contribution in [3.05, 3.63) is 0 Å². The molecule has 9 heteroatoms. The Labute approximate surface area is 138 Å². The van der Waals surface area contributed by atoms with Gasteiger partial charge in [-0.25, -0.2) is 12.7 Å². The highest BCUT2D eigenvalue weighted by Gasteiger charge is 2.24. The molecule has 0 radical (unpaired) electrons. The molecule has 1 aliphatic heterocycles. The Morgan fingerprint density at radius 3 is 2.55 bits per heavy atom. The van der Waals surface area contributed by atoms with Crippen molar-refractivity contribution < 1.29 is 13.2 Å². The van der Waals surface area contributed by atoms with Crippen LogP contribution < -0.4 is 11.1 Å². The molecule has 0 aromatic carbocycles. The summed E-state index contributed by atoms with van der Waals surface area (Å²) in [6.07, 6.45) is 2.92. The Morgan fingerprint density at radius 2 is 2.05 bits per heavy atom. The van der Waals surface area contributed by atoms with Crippen LogP contribution in [0.3, 0.4) is 0 Å². The van der Waals surface area contributed by atoms with E-state index in [-0.39, 0.29) is 24.0 Å². The molecule has 1 heterocycles. The van der Waals surface area contributed by atoms with Gasteiger partial charge in [0.15, 0.2) is 5.96 Å². The molecule has 120 valence electrons. The van der Waals surface area contributed by atoms with Crippen LogP contribution in [0.2, 0.25) is 0 Å². The third kappa shape index (κ3) is 7.60. The molecule has 7 nitrogen and oxygen atoms in total. The Kier molecular flexibility index (Phi) is 9.68. The third-order valence-corrected chi connectivity index (χ3v) is 4.48. The Balaban J connectivity index is 0.00000361. The van der Waals surface area contributed by atoms with Crippen molar-refractivity contribution in [2.24, 2.45) is 16.6 Å². The summed E-state index contributed by atoms with van der Waals surface area (Å²) in [7, 11) is -1.42. The van der Waals surface area contributed by atoms with E-state index < -0.39 is 10.0 Å². The summed E-state index contributed by atoms with van der Waals surface area (Å²) in [5.41, 5.74) is 5.71. The Morgan fingerprint density at radius 1 is 1.45 bits per heavy atom. The van der Waals surface area contributed by atoms with Crippen molar-refractivity contribution in [1.82, 2.24) is 9.62 Å². The van der Waals surface area contributed by atoms with Gasteiger partial charge in [0.2, 0.25) is 10.0 Å². The molecule has 1 aliphatic rings. The number of sulfonamides is 1. The number of aliphatic imine (C=N–C) groups is 1. The standard InChI is InChI=1S/C11H24N4O3S.HI/c1-18-8-5-13-11(12)14-9-10-3-6-15(7-4-10)19(2,16)17;/h10H,3-9H2,1-2H3,(H3,12,13,14);1H. The maximum absolute atomic E-state index is 11.4. The SMILES string of the molecule is COCCNC(N)=NCC1CCN(S(C)(=O)=O)CC1.I. The first kappa shape index (κ1) is 19.9. The summed E-state index contributed by atoms with van der Waals surface area (Å²) >= 11 is 0. The summed E-state index contributed by atoms with van der Waals surface area (Å²) in [6, 6.07) is 0. The van der Waals surface area contributed by atoms with Crippen LogP contribution in [-0.2, 0) is 14.8 Å². The molecule has 0 atom stereocenters. The van der Waals surface area contributed by atoms with Crippen LogP contribution in [0.25, 0.3) is 0 Å². The van der Waals surface area contributed by atoms with Crippen LogP contribution in [0.15, 0.2) is 4.99 Å². The molecule has 0 unspecified atom stereocenters. The largest absolute Gasteiger partial charge is 0.383 e. The van der Waals surface area contributed by atoms with Crippen LogP contribution in [0.4, 0.5) is 0 Å². The molecule has 0 aliphatic carbocycles. The molecule has 0 spiro atoms. The van der Waals surface area contributed by atoms with Gasteiger partial charge in [-0.1, -0.05) is 0 Å². The van der Waals surface area contributed by atoms with Gasteiger partial charge in [0, 0.05) is 33.3 Å². The Bertz CT molecular complexity index is 394. The molecule has 1 fully saturated rings. The highest BCUT2D eigenvalue weighted by atomic mass is 127. The van der Waals surface area contributed by atoms with E-state index in [1.807, 2.05) is 0 Å². The van der Waals surface area contributed by atoms with Gasteiger partial charge in [-0.3, -0.25) is 4.99 Å². The van der Waals surface area contributed by atoms with Crippen molar-refractivity contribution in [1.29, 1.82) is 0 Å². The van der Waals surface area contributed by atoms with Crippen LogP contribution in [0.5, 0.6) is 0 Å². The normalized spacial score (nSPS) is 18.6. The fourth-order valence-electron chi connectivity index (χ4n) is 1.99. The van der Waals surface area contributed by atoms with E-state index in [0.29, 0.717) is 44.7 Å². The fraction of sp³-hybridized carbons (Fsp3) is 0.909. The van der Waals surface area contributed by atoms with E-state index in [9.17, 15) is 8.42 Å². The number of ether oxygens (including phenoxy) is 1. The van der Waals surface area contributed by atoms with Crippen LogP contribution in [-0.4, -0.2) is 64.8 Å². The van der Waals surface area contributed by atoms with Crippen molar-refractivity contribution in [3.63, 3.8) is 0 Å². The third-order valence-electron chi connectivity index (χ3n) is 3.17. The maximum Gasteiger partial charge on any atom is 0.211 e. The lowest BCUT2D eigenvalue weighted by Gasteiger charge is -2.29. The quantitative estimate of drug-likeness (QED) is 0.269. The summed E-state index contributed by atoms with van der Waals surface area (Å²) in [4.78, 5) is 4.27. The minimum atomic E-state index is -3.05. The van der Waals surface area contributed by atoms with Gasteiger partial charge in [-0.15, -0.1) is 24.0 Å². The minimum absolute atomic E-state index is 0. The molecule has 0 aromatic rings. The van der Waals surface area contributed by atoms with Gasteiger partial charge >= 0.3 is 0 Å². The smallest absolute Gasteiger partial charge is 0.211 e. The monoisotopic (exact) mass is 420 g/mol. The first-order valence-corrected chi connectivity index (χ1v) is 8.26. The molecule has 1 rings (SSSR count). The zero-order chi connectivity index (χ0) is 14.3. The number of guanidine groups is 1. The van der Waals surface area contributed by atoms with E-state index in [1.165, 1.54) is 10.6 Å². The lowest BCUT2D eigenvalue weighted by molar-refractivity contribution is 0.204. The van der Waals surface area contributed by atoms with Crippen molar-refractivity contribution in [2.45, 2.75) is 12.8 Å². The van der Waals surface area contributed by atoms with Gasteiger partial charge in [0.25, 0.3) is 0 Å². The molecule has 1 saturated heterocycles. The van der Waals surface area contributed by atoms with Crippen LogP contribution in [0.1, 0.15) is 12.8 Å². The number of halogens is 1. The highest BCUT2D eigenvalue weighted by molar-refractivity contribution is 14.0. The zero-order valence-electron chi connectivity index (χ0n) is 12.0. The van der Waals surface area contributed by atoms with E-state index in [2.05, 4.69) is 10.3 Å². The highest BCUT2D eigenvalue weighted by Crippen LogP contribution is 2.19. The summed E-state index contributed by atoms with van der Waals surface area (Å²) < 4.78 is 29.1. The molecule has 20 heavy (non-hydrogen) atoms. The number of hydrogen-bond donors (Lipinski definition) is 2. The number of hydrogen-bond acceptors (Lipinski definition) is 4. The lowest BCUT2D eigenvalue weighted by Crippen LogP contribution is -2.39. The number of nitrogens with one attached hydrogen (secondary N) is 1. The molecule has 3 N–H and O–H groups in total. The second-order valence-corrected chi connectivity index (χ2v) is 6.73. The van der Waals surface area contributed by atoms with Gasteiger partial charge < -0.3 is 15.8 Å². The molecular formula is C11H25IN4O3S. The Hall–Kier alpha value is -0.130. The molecule has 0 amide bonds. The average molecular weight is 420 g/mol. The first-order valence-electron chi connectivity index (χ1n) is 6.41. The molecule has 0 bridgehead atoms. The topological polar surface area (TPSA) is 97.0 Å². The number of nitrogens with zero attached hydrogens (tertiary/aromatic N) is 2. The van der Waals surface area contributed by atoms with E-state index >= 15 is 0 Å². The van der Waals surface area contributed by atoms with Crippen molar-refractivity contribution in [3.8, 4) is 0 Å². The van der Waals surface area contributed by atoms with Crippen molar-refractivity contribution in [2.75, 3.05) is 46.2 Å². The predicted octanol–water partition coefficient (Wildman–Crippen LogP) is -0.173. The summed E-state index contributed by atoms with van der Waals surface area (Å²) in [5.74, 6) is 0.823. The predicted molar refractivity (Wildman–Crippen MR) is 90.9 cm³/mol. The zero-order valence-corrected chi connectivity index (χ0v) is 15.2. The fourth-order valence-corrected chi connectivity index (χ4v) is 2.86. The maximum atomic E-state index is 11.4. The van der Waals surface area contributed by atoms with E-state index in [1.54, 1.807) is 7.11 Å². The van der Waals surface area contributed by atoms with Gasteiger partial charge in [-0.05, 0) is 18.8 Å². The second kappa shape index (κ2) is 9.74. The van der Waals surface area contributed by atoms with Crippen LogP contribution in [0, 0.1) is 5.92 Å². The summed E-state index contributed by atoms with van der Waals surface area (Å²) in [6.45, 7) is 3.02. The number of rotatable bonds is 6. The van der Waals surface area contributed by atoms with E-state index in [4.69, 9.17) is 10.5 Å².